The predicted octanol–water partition coefficient (Wildman–Crippen LogP) is 3.59. The van der Waals surface area contributed by atoms with Crippen LogP contribution in [0.25, 0.3) is 0 Å². The van der Waals surface area contributed by atoms with Crippen LogP contribution < -0.4 is 15.4 Å². The second kappa shape index (κ2) is 7.14. The number of amides is 1. The summed E-state index contributed by atoms with van der Waals surface area (Å²) < 4.78 is 5.33. The monoisotopic (exact) mass is 339 g/mol. The summed E-state index contributed by atoms with van der Waals surface area (Å²) >= 11 is 1.60. The van der Waals surface area contributed by atoms with Crippen molar-refractivity contribution in [1.82, 2.24) is 4.98 Å². The molecule has 122 valence electrons. The number of methoxy groups -OCH3 is 1. The molecular weight excluding hydrogens is 322 g/mol. The summed E-state index contributed by atoms with van der Waals surface area (Å²) in [4.78, 5) is 18.9. The van der Waals surface area contributed by atoms with Crippen molar-refractivity contribution in [3.05, 3.63) is 70.7 Å². The Balaban J connectivity index is 2.03. The SMILES string of the molecule is COc1cc(N(Cc2cncs2)c2ccccc2)ccc1C(N)=O. The van der Waals surface area contributed by atoms with Crippen LogP contribution in [-0.4, -0.2) is 18.0 Å². The summed E-state index contributed by atoms with van der Waals surface area (Å²) in [6.07, 6.45) is 1.86. The first-order valence-electron chi connectivity index (χ1n) is 7.37. The van der Waals surface area contributed by atoms with Crippen LogP contribution in [-0.2, 0) is 6.54 Å². The summed E-state index contributed by atoms with van der Waals surface area (Å²) in [5.74, 6) is -0.0441. The van der Waals surface area contributed by atoms with E-state index in [1.54, 1.807) is 17.4 Å². The molecule has 6 heteroatoms. The number of benzene rings is 2. The number of nitrogens with zero attached hydrogens (tertiary/aromatic N) is 2. The first-order chi connectivity index (χ1) is 11.7. The van der Waals surface area contributed by atoms with Gasteiger partial charge in [-0.1, -0.05) is 18.2 Å². The van der Waals surface area contributed by atoms with E-state index in [-0.39, 0.29) is 0 Å². The van der Waals surface area contributed by atoms with Crippen molar-refractivity contribution in [2.75, 3.05) is 12.0 Å². The largest absolute Gasteiger partial charge is 0.496 e. The maximum Gasteiger partial charge on any atom is 0.252 e. The van der Waals surface area contributed by atoms with Crippen molar-refractivity contribution < 1.29 is 9.53 Å². The van der Waals surface area contributed by atoms with Crippen molar-refractivity contribution in [3.8, 4) is 5.75 Å². The zero-order valence-corrected chi connectivity index (χ0v) is 14.0. The van der Waals surface area contributed by atoms with E-state index in [9.17, 15) is 4.79 Å². The Hall–Kier alpha value is -2.86. The molecule has 3 aromatic rings. The Morgan fingerprint density at radius 1 is 1.21 bits per heavy atom. The minimum Gasteiger partial charge on any atom is -0.496 e. The highest BCUT2D eigenvalue weighted by Crippen LogP contribution is 2.32. The summed E-state index contributed by atoms with van der Waals surface area (Å²) in [7, 11) is 1.53. The molecule has 1 heterocycles. The third kappa shape index (κ3) is 3.38. The lowest BCUT2D eigenvalue weighted by molar-refractivity contribution is 0.0997. The Morgan fingerprint density at radius 3 is 2.62 bits per heavy atom. The number of hydrogen-bond acceptors (Lipinski definition) is 5. The number of primary amides is 1. The smallest absolute Gasteiger partial charge is 0.252 e. The van der Waals surface area contributed by atoms with Gasteiger partial charge in [-0.2, -0.15) is 0 Å². The van der Waals surface area contributed by atoms with E-state index in [1.807, 2.05) is 54.2 Å². The molecule has 0 aliphatic heterocycles. The topological polar surface area (TPSA) is 68.4 Å². The van der Waals surface area contributed by atoms with Crippen LogP contribution in [0.1, 0.15) is 15.2 Å². The summed E-state index contributed by atoms with van der Waals surface area (Å²) in [5.41, 5.74) is 9.54. The van der Waals surface area contributed by atoms with E-state index >= 15 is 0 Å². The Morgan fingerprint density at radius 2 is 2.00 bits per heavy atom. The van der Waals surface area contributed by atoms with Gasteiger partial charge in [-0.25, -0.2) is 0 Å². The van der Waals surface area contributed by atoms with Crippen molar-refractivity contribution in [2.24, 2.45) is 5.73 Å². The number of hydrogen-bond donors (Lipinski definition) is 1. The Labute approximate surface area is 144 Å². The average molecular weight is 339 g/mol. The maximum atomic E-state index is 11.5. The zero-order chi connectivity index (χ0) is 16.9. The first-order valence-corrected chi connectivity index (χ1v) is 8.25. The molecular formula is C18H17N3O2S. The van der Waals surface area contributed by atoms with E-state index in [4.69, 9.17) is 10.5 Å². The molecule has 0 saturated carbocycles. The average Bonchev–Trinajstić information content (AvgIpc) is 3.13. The van der Waals surface area contributed by atoms with Gasteiger partial charge in [0.2, 0.25) is 0 Å². The van der Waals surface area contributed by atoms with Crippen LogP contribution in [0.4, 0.5) is 11.4 Å². The third-order valence-electron chi connectivity index (χ3n) is 3.63. The van der Waals surface area contributed by atoms with E-state index in [2.05, 4.69) is 9.88 Å². The molecule has 1 amide bonds. The molecule has 0 radical (unpaired) electrons. The standard InChI is InChI=1S/C18H17N3O2S/c1-23-17-9-14(7-8-16(17)18(19)22)21(11-15-10-20-12-24-15)13-5-3-2-4-6-13/h2-10,12H,11H2,1H3,(H2,19,22). The molecule has 1 aromatic heterocycles. The summed E-state index contributed by atoms with van der Waals surface area (Å²) in [6.45, 7) is 0.674. The Kier molecular flexibility index (Phi) is 4.77. The van der Waals surface area contributed by atoms with Gasteiger partial charge < -0.3 is 15.4 Å². The number of anilines is 2. The van der Waals surface area contributed by atoms with Crippen LogP contribution in [0, 0.1) is 0 Å². The van der Waals surface area contributed by atoms with Gasteiger partial charge in [0.15, 0.2) is 0 Å². The van der Waals surface area contributed by atoms with Crippen LogP contribution in [0.15, 0.2) is 60.2 Å². The van der Waals surface area contributed by atoms with Gasteiger partial charge in [-0.15, -0.1) is 11.3 Å². The number of ether oxygens (including phenoxy) is 1. The highest BCUT2D eigenvalue weighted by molar-refractivity contribution is 7.09. The highest BCUT2D eigenvalue weighted by atomic mass is 32.1. The lowest BCUT2D eigenvalue weighted by Gasteiger charge is -2.25. The second-order valence-corrected chi connectivity index (χ2v) is 6.11. The minimum absolute atomic E-state index is 0.368. The highest BCUT2D eigenvalue weighted by Gasteiger charge is 2.15. The third-order valence-corrected chi connectivity index (χ3v) is 4.39. The number of nitrogens with two attached hydrogens (primary N) is 1. The molecule has 0 saturated heterocycles. The number of rotatable bonds is 6. The molecule has 0 bridgehead atoms. The van der Waals surface area contributed by atoms with Gasteiger partial charge in [-0.05, 0) is 24.3 Å². The molecule has 0 aliphatic carbocycles. The summed E-state index contributed by atoms with van der Waals surface area (Å²) in [5, 5.41) is 0. The van der Waals surface area contributed by atoms with E-state index in [1.165, 1.54) is 7.11 Å². The van der Waals surface area contributed by atoms with Gasteiger partial charge in [0, 0.05) is 28.5 Å². The van der Waals surface area contributed by atoms with E-state index < -0.39 is 5.91 Å². The van der Waals surface area contributed by atoms with Crippen LogP contribution in [0.2, 0.25) is 0 Å². The summed E-state index contributed by atoms with van der Waals surface area (Å²) in [6, 6.07) is 15.4. The van der Waals surface area contributed by atoms with Crippen molar-refractivity contribution in [1.29, 1.82) is 0 Å². The first kappa shape index (κ1) is 16.0. The minimum atomic E-state index is -0.507. The molecule has 0 fully saturated rings. The molecule has 0 aliphatic rings. The van der Waals surface area contributed by atoms with E-state index in [0.29, 0.717) is 17.9 Å². The van der Waals surface area contributed by atoms with Gasteiger partial charge in [0.1, 0.15) is 5.75 Å². The maximum absolute atomic E-state index is 11.5. The number of carbonyl (C=O) groups excluding carboxylic acids is 1. The fourth-order valence-corrected chi connectivity index (χ4v) is 3.05. The second-order valence-electron chi connectivity index (χ2n) is 5.14. The van der Waals surface area contributed by atoms with Crippen molar-refractivity contribution >= 4 is 28.6 Å². The van der Waals surface area contributed by atoms with Crippen LogP contribution >= 0.6 is 11.3 Å². The van der Waals surface area contributed by atoms with Gasteiger partial charge in [-0.3, -0.25) is 9.78 Å². The molecule has 2 N–H and O–H groups in total. The number of aromatic nitrogens is 1. The van der Waals surface area contributed by atoms with Crippen molar-refractivity contribution in [3.63, 3.8) is 0 Å². The molecule has 0 unspecified atom stereocenters. The van der Waals surface area contributed by atoms with Gasteiger partial charge in [0.25, 0.3) is 5.91 Å². The molecule has 24 heavy (non-hydrogen) atoms. The molecule has 3 rings (SSSR count). The zero-order valence-electron chi connectivity index (χ0n) is 13.2. The number of carbonyl (C=O) groups is 1. The van der Waals surface area contributed by atoms with Gasteiger partial charge >= 0.3 is 0 Å². The van der Waals surface area contributed by atoms with E-state index in [0.717, 1.165) is 16.3 Å². The Bertz CT molecular complexity index is 820. The molecule has 2 aromatic carbocycles. The fourth-order valence-electron chi connectivity index (χ4n) is 2.47. The lowest BCUT2D eigenvalue weighted by Crippen LogP contribution is -2.17. The molecule has 5 nitrogen and oxygen atoms in total. The molecule has 0 atom stereocenters. The fraction of sp³-hybridized carbons (Fsp3) is 0.111. The number of para-hydroxylation sites is 1. The normalized spacial score (nSPS) is 10.4. The molecule has 0 spiro atoms. The quantitative estimate of drug-likeness (QED) is 0.745. The number of thiazole rings is 1. The predicted molar refractivity (Wildman–Crippen MR) is 95.9 cm³/mol. The lowest BCUT2D eigenvalue weighted by atomic mass is 10.1. The van der Waals surface area contributed by atoms with Crippen LogP contribution in [0.5, 0.6) is 5.75 Å². The van der Waals surface area contributed by atoms with Crippen LogP contribution in [0.3, 0.4) is 0 Å². The van der Waals surface area contributed by atoms with Crippen molar-refractivity contribution in [2.45, 2.75) is 6.54 Å². The van der Waals surface area contributed by atoms with Gasteiger partial charge in [0.05, 0.1) is 24.7 Å².